The Balaban J connectivity index is 2.24. The van der Waals surface area contributed by atoms with Crippen LogP contribution in [0.15, 0.2) is 18.6 Å². The maximum absolute atomic E-state index is 4.05. The lowest BCUT2D eigenvalue weighted by atomic mass is 10.1. The van der Waals surface area contributed by atoms with Crippen LogP contribution in [-0.2, 0) is 13.0 Å². The van der Waals surface area contributed by atoms with E-state index in [1.54, 1.807) is 6.33 Å². The summed E-state index contributed by atoms with van der Waals surface area (Å²) in [6.45, 7) is 9.74. The molecule has 0 bridgehead atoms. The number of pyridine rings is 1. The number of rotatable bonds is 3. The molecule has 0 aliphatic heterocycles. The smallest absolute Gasteiger partial charge is 0.181 e. The highest BCUT2D eigenvalue weighted by Gasteiger charge is 2.15. The van der Waals surface area contributed by atoms with E-state index < -0.39 is 0 Å². The summed E-state index contributed by atoms with van der Waals surface area (Å²) in [5.41, 5.74) is 6.64. The molecule has 17 heavy (non-hydrogen) atoms. The minimum Gasteiger partial charge on any atom is -0.348 e. The van der Waals surface area contributed by atoms with Crippen LogP contribution in [-0.4, -0.2) is 9.97 Å². The summed E-state index contributed by atoms with van der Waals surface area (Å²) >= 11 is 0. The van der Waals surface area contributed by atoms with E-state index in [0.29, 0.717) is 0 Å². The maximum Gasteiger partial charge on any atom is 0.181 e. The number of nitrogens with one attached hydrogen (secondary N) is 1. The van der Waals surface area contributed by atoms with Crippen LogP contribution in [0, 0.1) is 27.7 Å². The molecule has 0 aliphatic carbocycles. The van der Waals surface area contributed by atoms with Gasteiger partial charge in [0.2, 0.25) is 0 Å². The van der Waals surface area contributed by atoms with Gasteiger partial charge in [-0.1, -0.05) is 0 Å². The molecule has 0 atom stereocenters. The molecular weight excluding hydrogens is 210 g/mol. The van der Waals surface area contributed by atoms with Crippen LogP contribution < -0.4 is 4.57 Å². The van der Waals surface area contributed by atoms with Gasteiger partial charge < -0.3 is 4.98 Å². The quantitative estimate of drug-likeness (QED) is 0.805. The fraction of sp³-hybridized carbons (Fsp3) is 0.429. The first-order valence-electron chi connectivity index (χ1n) is 6.04. The number of hydrogen-bond acceptors (Lipinski definition) is 1. The van der Waals surface area contributed by atoms with Crippen LogP contribution in [0.25, 0.3) is 0 Å². The summed E-state index contributed by atoms with van der Waals surface area (Å²) in [5.74, 6) is 0. The van der Waals surface area contributed by atoms with E-state index >= 15 is 0 Å². The fourth-order valence-corrected chi connectivity index (χ4v) is 2.25. The van der Waals surface area contributed by atoms with Crippen molar-refractivity contribution in [1.29, 1.82) is 0 Å². The van der Waals surface area contributed by atoms with Gasteiger partial charge in [-0.15, -0.1) is 0 Å². The van der Waals surface area contributed by atoms with Gasteiger partial charge in [-0.25, -0.2) is 4.98 Å². The van der Waals surface area contributed by atoms with Gasteiger partial charge in [0.15, 0.2) is 17.9 Å². The zero-order chi connectivity index (χ0) is 12.4. The molecule has 0 spiro atoms. The Labute approximate surface area is 103 Å². The van der Waals surface area contributed by atoms with E-state index in [1.807, 2.05) is 6.20 Å². The average molecular weight is 230 g/mol. The van der Waals surface area contributed by atoms with Crippen LogP contribution in [0.1, 0.15) is 28.2 Å². The van der Waals surface area contributed by atoms with Gasteiger partial charge >= 0.3 is 0 Å². The van der Waals surface area contributed by atoms with E-state index in [9.17, 15) is 0 Å². The van der Waals surface area contributed by atoms with Crippen molar-refractivity contribution in [3.05, 3.63) is 46.8 Å². The first kappa shape index (κ1) is 11.8. The Morgan fingerprint density at radius 3 is 2.65 bits per heavy atom. The second-order valence-corrected chi connectivity index (χ2v) is 4.66. The third-order valence-electron chi connectivity index (χ3n) is 3.55. The highest BCUT2D eigenvalue weighted by Crippen LogP contribution is 2.10. The van der Waals surface area contributed by atoms with E-state index in [-0.39, 0.29) is 0 Å². The minimum absolute atomic E-state index is 0.995. The summed E-state index contributed by atoms with van der Waals surface area (Å²) in [7, 11) is 0. The molecule has 0 aromatic carbocycles. The molecule has 0 saturated heterocycles. The predicted molar refractivity (Wildman–Crippen MR) is 67.9 cm³/mol. The van der Waals surface area contributed by atoms with Crippen LogP contribution in [0.3, 0.4) is 0 Å². The van der Waals surface area contributed by atoms with Crippen molar-refractivity contribution in [3.8, 4) is 0 Å². The second-order valence-electron chi connectivity index (χ2n) is 4.66. The van der Waals surface area contributed by atoms with Crippen molar-refractivity contribution >= 4 is 0 Å². The number of nitrogens with zero attached hydrogens (tertiary/aromatic N) is 2. The SMILES string of the molecule is Cc1cc(C)[n+](CCc2cnc[nH]2)c(C)c1C. The second kappa shape index (κ2) is 4.70. The zero-order valence-corrected chi connectivity index (χ0v) is 11.0. The highest BCUT2D eigenvalue weighted by molar-refractivity contribution is 5.25. The molecule has 0 fully saturated rings. The molecule has 2 aromatic heterocycles. The summed E-state index contributed by atoms with van der Waals surface area (Å²) in [5, 5.41) is 0. The summed E-state index contributed by atoms with van der Waals surface area (Å²) in [6.07, 6.45) is 4.63. The van der Waals surface area contributed by atoms with Crippen molar-refractivity contribution in [2.24, 2.45) is 0 Å². The van der Waals surface area contributed by atoms with Gasteiger partial charge in [0.25, 0.3) is 0 Å². The van der Waals surface area contributed by atoms with E-state index in [4.69, 9.17) is 0 Å². The van der Waals surface area contributed by atoms with Crippen molar-refractivity contribution in [1.82, 2.24) is 9.97 Å². The van der Waals surface area contributed by atoms with Gasteiger partial charge in [0.1, 0.15) is 0 Å². The number of H-pyrrole nitrogens is 1. The standard InChI is InChI=1S/C14H20N3/c1-10-7-11(2)17(13(4)12(10)3)6-5-14-8-15-9-16-14/h7-9H,5-6H2,1-4H3,(H,15,16)/q+1. The van der Waals surface area contributed by atoms with Crippen molar-refractivity contribution in [2.75, 3.05) is 0 Å². The fourth-order valence-electron chi connectivity index (χ4n) is 2.25. The first-order valence-corrected chi connectivity index (χ1v) is 6.04. The number of hydrogen-bond donors (Lipinski definition) is 1. The normalized spacial score (nSPS) is 10.8. The van der Waals surface area contributed by atoms with Crippen LogP contribution in [0.2, 0.25) is 0 Å². The number of aryl methyl sites for hydroxylation is 3. The summed E-state index contributed by atoms with van der Waals surface area (Å²) in [6, 6.07) is 2.26. The third-order valence-corrected chi connectivity index (χ3v) is 3.55. The highest BCUT2D eigenvalue weighted by atomic mass is 15.0. The molecule has 3 nitrogen and oxygen atoms in total. The zero-order valence-electron chi connectivity index (χ0n) is 11.0. The van der Waals surface area contributed by atoms with Crippen molar-refractivity contribution < 1.29 is 4.57 Å². The molecule has 0 unspecified atom stereocenters. The number of aromatic nitrogens is 3. The summed E-state index contributed by atoms with van der Waals surface area (Å²) in [4.78, 5) is 7.19. The molecule has 2 heterocycles. The topological polar surface area (TPSA) is 32.6 Å². The largest absolute Gasteiger partial charge is 0.348 e. The Kier molecular flexibility index (Phi) is 3.27. The van der Waals surface area contributed by atoms with Gasteiger partial charge in [-0.2, -0.15) is 4.57 Å². The summed E-state index contributed by atoms with van der Waals surface area (Å²) < 4.78 is 2.38. The van der Waals surface area contributed by atoms with Crippen LogP contribution >= 0.6 is 0 Å². The lowest BCUT2D eigenvalue weighted by Crippen LogP contribution is -2.42. The molecule has 90 valence electrons. The molecule has 2 aromatic rings. The van der Waals surface area contributed by atoms with Gasteiger partial charge in [0, 0.05) is 43.8 Å². The molecule has 2 rings (SSSR count). The molecular formula is C14H20N3+. The van der Waals surface area contributed by atoms with Crippen molar-refractivity contribution in [2.45, 2.75) is 40.7 Å². The molecule has 1 N–H and O–H groups in total. The molecule has 0 radical (unpaired) electrons. The molecule has 3 heteroatoms. The molecule has 0 aliphatic rings. The molecule has 0 saturated carbocycles. The van der Waals surface area contributed by atoms with Crippen LogP contribution in [0.5, 0.6) is 0 Å². The van der Waals surface area contributed by atoms with Gasteiger partial charge in [-0.3, -0.25) is 0 Å². The minimum atomic E-state index is 0.995. The number of aromatic amines is 1. The Bertz CT molecular complexity index is 513. The predicted octanol–water partition coefficient (Wildman–Crippen LogP) is 2.17. The monoisotopic (exact) mass is 230 g/mol. The van der Waals surface area contributed by atoms with Gasteiger partial charge in [-0.05, 0) is 19.4 Å². The first-order chi connectivity index (χ1) is 8.09. The van der Waals surface area contributed by atoms with Crippen LogP contribution in [0.4, 0.5) is 0 Å². The van der Waals surface area contributed by atoms with Gasteiger partial charge in [0.05, 0.1) is 6.33 Å². The average Bonchev–Trinajstić information content (AvgIpc) is 2.79. The third kappa shape index (κ3) is 2.38. The lowest BCUT2D eigenvalue weighted by molar-refractivity contribution is -0.708. The Hall–Kier alpha value is -1.64. The maximum atomic E-state index is 4.05. The number of imidazole rings is 1. The van der Waals surface area contributed by atoms with E-state index in [2.05, 4.69) is 48.3 Å². The van der Waals surface area contributed by atoms with Crippen molar-refractivity contribution in [3.63, 3.8) is 0 Å². The Morgan fingerprint density at radius 1 is 1.24 bits per heavy atom. The Morgan fingerprint density at radius 2 is 2.00 bits per heavy atom. The van der Waals surface area contributed by atoms with E-state index in [0.717, 1.165) is 13.0 Å². The van der Waals surface area contributed by atoms with E-state index in [1.165, 1.54) is 28.2 Å². The molecule has 0 amide bonds. The lowest BCUT2D eigenvalue weighted by Gasteiger charge is -2.08.